The normalized spacial score (nSPS) is 10.8. The third-order valence-corrected chi connectivity index (χ3v) is 5.19. The summed E-state index contributed by atoms with van der Waals surface area (Å²) in [5.74, 6) is -0.712. The number of nitrogens with zero attached hydrogens (tertiary/aromatic N) is 1. The van der Waals surface area contributed by atoms with Gasteiger partial charge in [-0.2, -0.15) is 5.10 Å². The second kappa shape index (κ2) is 10.7. The van der Waals surface area contributed by atoms with Crippen LogP contribution in [-0.2, 0) is 0 Å². The van der Waals surface area contributed by atoms with E-state index in [1.165, 1.54) is 49.7 Å². The van der Waals surface area contributed by atoms with Crippen LogP contribution in [0.1, 0.15) is 26.3 Å². The van der Waals surface area contributed by atoms with Gasteiger partial charge in [0.05, 0.1) is 34.5 Å². The number of benzene rings is 3. The lowest BCUT2D eigenvalue weighted by molar-refractivity contribution is 0.0729. The lowest BCUT2D eigenvalue weighted by Crippen LogP contribution is -2.18. The molecule has 0 unspecified atom stereocenters. The first-order valence-electron chi connectivity index (χ1n) is 8.92. The smallest absolute Gasteiger partial charge is 0.345 e. The van der Waals surface area contributed by atoms with Crippen molar-refractivity contribution >= 4 is 64.5 Å². The number of nitrogens with one attached hydrogen (secondary N) is 1. The number of halogens is 4. The number of hydrazone groups is 1. The Balaban J connectivity index is 1.70. The lowest BCUT2D eigenvalue weighted by Gasteiger charge is -2.10. The van der Waals surface area contributed by atoms with Crippen molar-refractivity contribution in [2.75, 3.05) is 7.11 Å². The minimum atomic E-state index is -0.668. The molecule has 3 rings (SSSR count). The predicted molar refractivity (Wildman–Crippen MR) is 126 cm³/mol. The van der Waals surface area contributed by atoms with Crippen LogP contribution in [0, 0.1) is 0 Å². The summed E-state index contributed by atoms with van der Waals surface area (Å²) in [6.45, 7) is 0. The molecular formula is C22H14Cl4N2O4. The SMILES string of the molecule is COc1cc(/C=N/NC(=O)c2ccc(Cl)cc2Cl)ccc1OC(=O)c1ccc(Cl)cc1Cl. The zero-order chi connectivity index (χ0) is 23.3. The van der Waals surface area contributed by atoms with Gasteiger partial charge in [0.15, 0.2) is 11.5 Å². The van der Waals surface area contributed by atoms with Gasteiger partial charge in [-0.1, -0.05) is 46.4 Å². The quantitative estimate of drug-likeness (QED) is 0.182. The van der Waals surface area contributed by atoms with E-state index in [2.05, 4.69) is 10.5 Å². The molecule has 0 radical (unpaired) electrons. The molecule has 0 heterocycles. The highest BCUT2D eigenvalue weighted by molar-refractivity contribution is 6.37. The molecule has 164 valence electrons. The zero-order valence-corrected chi connectivity index (χ0v) is 19.4. The first-order valence-corrected chi connectivity index (χ1v) is 10.4. The minimum absolute atomic E-state index is 0.160. The topological polar surface area (TPSA) is 77.0 Å². The molecule has 1 amide bonds. The molecule has 0 spiro atoms. The van der Waals surface area contributed by atoms with Crippen molar-refractivity contribution in [3.8, 4) is 11.5 Å². The number of esters is 1. The monoisotopic (exact) mass is 510 g/mol. The van der Waals surface area contributed by atoms with Crippen molar-refractivity contribution in [2.45, 2.75) is 0 Å². The Morgan fingerprint density at radius 3 is 2.06 bits per heavy atom. The van der Waals surface area contributed by atoms with E-state index in [0.29, 0.717) is 15.6 Å². The van der Waals surface area contributed by atoms with Gasteiger partial charge in [0.2, 0.25) is 0 Å². The highest BCUT2D eigenvalue weighted by Gasteiger charge is 2.16. The van der Waals surface area contributed by atoms with E-state index >= 15 is 0 Å². The molecule has 1 N–H and O–H groups in total. The molecule has 10 heteroatoms. The van der Waals surface area contributed by atoms with Crippen molar-refractivity contribution < 1.29 is 19.1 Å². The molecule has 0 aromatic heterocycles. The Kier molecular flexibility index (Phi) is 7.99. The number of rotatable bonds is 6. The molecule has 0 saturated carbocycles. The molecule has 0 fully saturated rings. The van der Waals surface area contributed by atoms with Crippen LogP contribution in [0.2, 0.25) is 20.1 Å². The third kappa shape index (κ3) is 5.93. The summed E-state index contributed by atoms with van der Waals surface area (Å²) in [6.07, 6.45) is 1.39. The van der Waals surface area contributed by atoms with Crippen LogP contribution in [0.5, 0.6) is 11.5 Å². The van der Waals surface area contributed by atoms with E-state index in [4.69, 9.17) is 55.9 Å². The van der Waals surface area contributed by atoms with Crippen LogP contribution in [-0.4, -0.2) is 25.2 Å². The average Bonchev–Trinajstić information content (AvgIpc) is 2.74. The van der Waals surface area contributed by atoms with Gasteiger partial charge < -0.3 is 9.47 Å². The van der Waals surface area contributed by atoms with Gasteiger partial charge in [0.1, 0.15) is 0 Å². The molecule has 0 atom stereocenters. The highest BCUT2D eigenvalue weighted by atomic mass is 35.5. The summed E-state index contributed by atoms with van der Waals surface area (Å²) in [4.78, 5) is 24.6. The first kappa shape index (κ1) is 23.9. The van der Waals surface area contributed by atoms with Crippen molar-refractivity contribution in [1.29, 1.82) is 0 Å². The molecule has 0 saturated heterocycles. The number of ether oxygens (including phenoxy) is 2. The fourth-order valence-corrected chi connectivity index (χ4v) is 3.54. The van der Waals surface area contributed by atoms with Crippen LogP contribution < -0.4 is 14.9 Å². The summed E-state index contributed by atoms with van der Waals surface area (Å²) < 4.78 is 10.7. The van der Waals surface area contributed by atoms with E-state index in [-0.39, 0.29) is 32.7 Å². The number of amides is 1. The zero-order valence-electron chi connectivity index (χ0n) is 16.4. The van der Waals surface area contributed by atoms with E-state index in [1.807, 2.05) is 0 Å². The number of hydrogen-bond donors (Lipinski definition) is 1. The number of carbonyl (C=O) groups is 2. The van der Waals surface area contributed by atoms with Crippen molar-refractivity contribution in [3.63, 3.8) is 0 Å². The lowest BCUT2D eigenvalue weighted by atomic mass is 10.2. The highest BCUT2D eigenvalue weighted by Crippen LogP contribution is 2.30. The van der Waals surface area contributed by atoms with Crippen molar-refractivity contribution in [1.82, 2.24) is 5.43 Å². The van der Waals surface area contributed by atoms with Crippen molar-refractivity contribution in [3.05, 3.63) is 91.4 Å². The Bertz CT molecular complexity index is 1210. The summed E-state index contributed by atoms with van der Waals surface area (Å²) in [6, 6.07) is 13.7. The molecule has 0 aliphatic carbocycles. The number of carbonyl (C=O) groups excluding carboxylic acids is 2. The second-order valence-corrected chi connectivity index (χ2v) is 7.93. The van der Waals surface area contributed by atoms with Crippen LogP contribution >= 0.6 is 46.4 Å². The van der Waals surface area contributed by atoms with Crippen molar-refractivity contribution in [2.24, 2.45) is 5.10 Å². The van der Waals surface area contributed by atoms with Crippen LogP contribution in [0.4, 0.5) is 0 Å². The van der Waals surface area contributed by atoms with Gasteiger partial charge >= 0.3 is 5.97 Å². The average molecular weight is 512 g/mol. The van der Waals surface area contributed by atoms with E-state index in [0.717, 1.165) is 0 Å². The maximum absolute atomic E-state index is 12.4. The van der Waals surface area contributed by atoms with Gasteiger partial charge in [-0.15, -0.1) is 0 Å². The molecule has 0 aliphatic heterocycles. The maximum Gasteiger partial charge on any atom is 0.345 e. The van der Waals surface area contributed by atoms with Gasteiger partial charge in [0, 0.05) is 10.0 Å². The van der Waals surface area contributed by atoms with E-state index in [9.17, 15) is 9.59 Å². The van der Waals surface area contributed by atoms with E-state index < -0.39 is 11.9 Å². The summed E-state index contributed by atoms with van der Waals surface area (Å²) >= 11 is 23.7. The maximum atomic E-state index is 12.4. The predicted octanol–water partition coefficient (Wildman–Crippen LogP) is 6.29. The minimum Gasteiger partial charge on any atom is -0.493 e. The third-order valence-electron chi connectivity index (χ3n) is 4.10. The van der Waals surface area contributed by atoms with Gasteiger partial charge in [-0.3, -0.25) is 4.79 Å². The van der Waals surface area contributed by atoms with E-state index in [1.54, 1.807) is 18.2 Å². The van der Waals surface area contributed by atoms with Gasteiger partial charge in [0.25, 0.3) is 5.91 Å². The Labute approximate surface area is 203 Å². The second-order valence-electron chi connectivity index (χ2n) is 6.25. The molecule has 0 aliphatic rings. The number of methoxy groups -OCH3 is 1. The fourth-order valence-electron chi connectivity index (χ4n) is 2.56. The molecule has 32 heavy (non-hydrogen) atoms. The fraction of sp³-hybridized carbons (Fsp3) is 0.0455. The molecule has 3 aromatic rings. The largest absolute Gasteiger partial charge is 0.493 e. The van der Waals surface area contributed by atoms with Crippen LogP contribution in [0.3, 0.4) is 0 Å². The van der Waals surface area contributed by atoms with Crippen LogP contribution in [0.15, 0.2) is 59.7 Å². The van der Waals surface area contributed by atoms with Crippen LogP contribution in [0.25, 0.3) is 0 Å². The van der Waals surface area contributed by atoms with Gasteiger partial charge in [-0.25, -0.2) is 10.2 Å². The molecule has 0 bridgehead atoms. The Hall–Kier alpha value is -2.77. The standard InChI is InChI=1S/C22H14Cl4N2O4/c1-31-20-8-12(11-27-28-21(29)15-5-3-13(23)9-17(15)25)2-7-19(20)32-22(30)16-6-4-14(24)10-18(16)26/h2-11H,1H3,(H,28,29)/b27-11+. The summed E-state index contributed by atoms with van der Waals surface area (Å²) in [5.41, 5.74) is 3.34. The molecule has 6 nitrogen and oxygen atoms in total. The Morgan fingerprint density at radius 1 is 0.844 bits per heavy atom. The first-order chi connectivity index (χ1) is 15.3. The number of hydrogen-bond acceptors (Lipinski definition) is 5. The summed E-state index contributed by atoms with van der Waals surface area (Å²) in [7, 11) is 1.42. The molecular weight excluding hydrogens is 498 g/mol. The molecule has 3 aromatic carbocycles. The summed E-state index contributed by atoms with van der Waals surface area (Å²) in [5, 5.41) is 5.10. The Morgan fingerprint density at radius 2 is 1.47 bits per heavy atom. The van der Waals surface area contributed by atoms with Gasteiger partial charge in [-0.05, 0) is 60.2 Å².